The van der Waals surface area contributed by atoms with E-state index in [1.165, 1.54) is 0 Å². The maximum Gasteiger partial charge on any atom is 0.410 e. The molecule has 0 aliphatic carbocycles. The number of ether oxygens (including phenoxy) is 1. The second-order valence-electron chi connectivity index (χ2n) is 8.30. The molecule has 1 fully saturated rings. The number of allylic oxidation sites excluding steroid dienone is 1. The molecule has 28 heavy (non-hydrogen) atoms. The monoisotopic (exact) mass is 383 g/mol. The lowest BCUT2D eigenvalue weighted by Gasteiger charge is -2.33. The second kappa shape index (κ2) is 8.92. The van der Waals surface area contributed by atoms with Gasteiger partial charge < -0.3 is 14.5 Å². The molecule has 2 rings (SSSR count). The van der Waals surface area contributed by atoms with Crippen molar-refractivity contribution in [3.8, 4) is 6.07 Å². The van der Waals surface area contributed by atoms with Crippen LogP contribution >= 0.6 is 0 Å². The number of nitriles is 1. The van der Waals surface area contributed by atoms with Crippen LogP contribution in [0.15, 0.2) is 30.5 Å². The number of likely N-dealkylation sites (tertiary alicyclic amines) is 1. The van der Waals surface area contributed by atoms with Crippen molar-refractivity contribution in [3.63, 3.8) is 0 Å². The molecule has 6 heteroatoms. The summed E-state index contributed by atoms with van der Waals surface area (Å²) in [5.41, 5.74) is 1.33. The van der Waals surface area contributed by atoms with Crippen LogP contribution in [0.2, 0.25) is 0 Å². The van der Waals surface area contributed by atoms with Crippen molar-refractivity contribution < 1.29 is 14.3 Å². The Morgan fingerprint density at radius 2 is 1.89 bits per heavy atom. The maximum absolute atomic E-state index is 13.2. The number of hydrogen-bond acceptors (Lipinski definition) is 5. The van der Waals surface area contributed by atoms with Gasteiger partial charge in [-0.05, 0) is 51.3 Å². The third-order valence-corrected chi connectivity index (χ3v) is 4.47. The second-order valence-corrected chi connectivity index (χ2v) is 8.30. The summed E-state index contributed by atoms with van der Waals surface area (Å²) < 4.78 is 5.42. The number of benzene rings is 1. The Labute approximate surface area is 167 Å². The van der Waals surface area contributed by atoms with E-state index in [2.05, 4.69) is 6.07 Å². The zero-order valence-electron chi connectivity index (χ0n) is 17.4. The smallest absolute Gasteiger partial charge is 0.410 e. The van der Waals surface area contributed by atoms with Crippen molar-refractivity contribution in [1.82, 2.24) is 9.80 Å². The Hall–Kier alpha value is -2.81. The number of carbonyl (C=O) groups is 2. The molecule has 1 aromatic rings. The van der Waals surface area contributed by atoms with Crippen LogP contribution in [0.4, 0.5) is 4.79 Å². The van der Waals surface area contributed by atoms with Gasteiger partial charge >= 0.3 is 6.09 Å². The van der Waals surface area contributed by atoms with E-state index in [0.29, 0.717) is 37.1 Å². The molecule has 6 nitrogen and oxygen atoms in total. The van der Waals surface area contributed by atoms with Crippen molar-refractivity contribution in [1.29, 1.82) is 5.26 Å². The largest absolute Gasteiger partial charge is 0.444 e. The predicted molar refractivity (Wildman–Crippen MR) is 108 cm³/mol. The van der Waals surface area contributed by atoms with E-state index >= 15 is 0 Å². The minimum absolute atomic E-state index is 0.0487. The van der Waals surface area contributed by atoms with E-state index in [-0.39, 0.29) is 17.8 Å². The average Bonchev–Trinajstić information content (AvgIpc) is 2.64. The topological polar surface area (TPSA) is 73.6 Å². The number of nitrogens with zero attached hydrogens (tertiary/aromatic N) is 3. The summed E-state index contributed by atoms with van der Waals surface area (Å²) in [6, 6.07) is 9.22. The standard InChI is InChI=1S/C22H29N3O3/c1-22(2,3)28-21(27)25-11-9-17(10-12-25)20(26)19(15-24(4)5)18-8-6-7-16(13-18)14-23/h6-8,13,15,17H,9-12H2,1-5H3/b19-15+. The number of hydrogen-bond donors (Lipinski definition) is 0. The van der Waals surface area contributed by atoms with Gasteiger partial charge in [-0.1, -0.05) is 12.1 Å². The molecule has 1 heterocycles. The van der Waals surface area contributed by atoms with Gasteiger partial charge in [0, 0.05) is 44.9 Å². The first-order valence-electron chi connectivity index (χ1n) is 9.51. The summed E-state index contributed by atoms with van der Waals surface area (Å²) >= 11 is 0. The highest BCUT2D eigenvalue weighted by Gasteiger charge is 2.31. The van der Waals surface area contributed by atoms with Crippen LogP contribution in [-0.2, 0) is 9.53 Å². The summed E-state index contributed by atoms with van der Waals surface area (Å²) in [6.07, 6.45) is 2.67. The van der Waals surface area contributed by atoms with Gasteiger partial charge in [-0.3, -0.25) is 4.79 Å². The van der Waals surface area contributed by atoms with Crippen molar-refractivity contribution >= 4 is 17.4 Å². The fourth-order valence-electron chi connectivity index (χ4n) is 3.17. The van der Waals surface area contributed by atoms with Crippen molar-refractivity contribution in [2.45, 2.75) is 39.2 Å². The Kier molecular flexibility index (Phi) is 6.85. The van der Waals surface area contributed by atoms with Crippen LogP contribution in [0.1, 0.15) is 44.7 Å². The SMILES string of the molecule is CN(C)/C=C(/C(=O)C1CCN(C(=O)OC(C)(C)C)CC1)c1cccc(C#N)c1. The molecule has 0 bridgehead atoms. The van der Waals surface area contributed by atoms with Crippen LogP contribution in [0.3, 0.4) is 0 Å². The molecular weight excluding hydrogens is 354 g/mol. The Morgan fingerprint density at radius 1 is 1.25 bits per heavy atom. The van der Waals surface area contributed by atoms with E-state index < -0.39 is 5.60 Å². The molecule has 1 saturated heterocycles. The number of carbonyl (C=O) groups excluding carboxylic acids is 2. The highest BCUT2D eigenvalue weighted by molar-refractivity contribution is 6.21. The van der Waals surface area contributed by atoms with Gasteiger partial charge in [0.1, 0.15) is 5.60 Å². The van der Waals surface area contributed by atoms with Crippen LogP contribution in [0, 0.1) is 17.2 Å². The first-order valence-corrected chi connectivity index (χ1v) is 9.51. The molecule has 1 aromatic carbocycles. The van der Waals surface area contributed by atoms with Gasteiger partial charge in [0.2, 0.25) is 0 Å². The molecule has 0 atom stereocenters. The van der Waals surface area contributed by atoms with Gasteiger partial charge in [0.25, 0.3) is 0 Å². The number of Topliss-reactive ketones (excluding diaryl/α,β-unsaturated/α-hetero) is 1. The molecule has 0 radical (unpaired) electrons. The quantitative estimate of drug-likeness (QED) is 0.742. The third kappa shape index (κ3) is 5.85. The van der Waals surface area contributed by atoms with E-state index in [1.54, 1.807) is 29.3 Å². The van der Waals surface area contributed by atoms with Crippen LogP contribution in [-0.4, -0.2) is 54.5 Å². The molecule has 0 unspecified atom stereocenters. The molecular formula is C22H29N3O3. The molecule has 1 amide bonds. The molecule has 150 valence electrons. The lowest BCUT2D eigenvalue weighted by Crippen LogP contribution is -2.43. The summed E-state index contributed by atoms with van der Waals surface area (Å²) in [7, 11) is 3.74. The molecule has 0 saturated carbocycles. The highest BCUT2D eigenvalue weighted by atomic mass is 16.6. The van der Waals surface area contributed by atoms with E-state index in [4.69, 9.17) is 10.00 Å². The summed E-state index contributed by atoms with van der Waals surface area (Å²) in [5.74, 6) is -0.108. The van der Waals surface area contributed by atoms with Crippen molar-refractivity contribution in [3.05, 3.63) is 41.6 Å². The lowest BCUT2D eigenvalue weighted by molar-refractivity contribution is -0.118. The zero-order chi connectivity index (χ0) is 20.9. The maximum atomic E-state index is 13.2. The predicted octanol–water partition coefficient (Wildman–Crippen LogP) is 3.68. The van der Waals surface area contributed by atoms with E-state index in [1.807, 2.05) is 45.8 Å². The summed E-state index contributed by atoms with van der Waals surface area (Å²) in [4.78, 5) is 29.0. The minimum atomic E-state index is -0.531. The number of piperidine rings is 1. The van der Waals surface area contributed by atoms with Gasteiger partial charge in [0.05, 0.1) is 11.6 Å². The summed E-state index contributed by atoms with van der Waals surface area (Å²) in [5, 5.41) is 9.16. The third-order valence-electron chi connectivity index (χ3n) is 4.47. The van der Waals surface area contributed by atoms with E-state index in [0.717, 1.165) is 5.56 Å². The normalized spacial score (nSPS) is 15.7. The molecule has 1 aliphatic rings. The Balaban J connectivity index is 2.12. The Bertz CT molecular complexity index is 792. The fourth-order valence-corrected chi connectivity index (χ4v) is 3.17. The molecule has 0 spiro atoms. The van der Waals surface area contributed by atoms with Crippen LogP contribution in [0.5, 0.6) is 0 Å². The van der Waals surface area contributed by atoms with Gasteiger partial charge in [-0.2, -0.15) is 5.26 Å². The molecule has 1 aliphatic heterocycles. The van der Waals surface area contributed by atoms with Gasteiger partial charge in [-0.25, -0.2) is 4.79 Å². The fraction of sp³-hybridized carbons (Fsp3) is 0.500. The molecule has 0 N–H and O–H groups in total. The van der Waals surface area contributed by atoms with Crippen molar-refractivity contribution in [2.24, 2.45) is 5.92 Å². The number of rotatable bonds is 4. The minimum Gasteiger partial charge on any atom is -0.444 e. The van der Waals surface area contributed by atoms with Gasteiger partial charge in [0.15, 0.2) is 5.78 Å². The van der Waals surface area contributed by atoms with Crippen LogP contribution < -0.4 is 0 Å². The van der Waals surface area contributed by atoms with Crippen molar-refractivity contribution in [2.75, 3.05) is 27.2 Å². The molecule has 0 aromatic heterocycles. The average molecular weight is 383 g/mol. The van der Waals surface area contributed by atoms with E-state index in [9.17, 15) is 9.59 Å². The highest BCUT2D eigenvalue weighted by Crippen LogP contribution is 2.27. The zero-order valence-corrected chi connectivity index (χ0v) is 17.4. The van der Waals surface area contributed by atoms with Crippen LogP contribution in [0.25, 0.3) is 5.57 Å². The first-order chi connectivity index (χ1) is 13.1. The lowest BCUT2D eigenvalue weighted by atomic mass is 9.86. The first kappa shape index (κ1) is 21.5. The number of ketones is 1. The van der Waals surface area contributed by atoms with Gasteiger partial charge in [-0.15, -0.1) is 0 Å². The Morgan fingerprint density at radius 3 is 2.43 bits per heavy atom. The summed E-state index contributed by atoms with van der Waals surface area (Å²) in [6.45, 7) is 6.52. The number of amides is 1.